The lowest BCUT2D eigenvalue weighted by Crippen LogP contribution is -2.38. The molecule has 3 N–H and O–H groups in total. The van der Waals surface area contributed by atoms with Crippen LogP contribution in [0.15, 0.2) is 42.5 Å². The number of likely N-dealkylation sites (tertiary alicyclic amines) is 1. The lowest BCUT2D eigenvalue weighted by atomic mass is 10.0. The van der Waals surface area contributed by atoms with Gasteiger partial charge in [-0.3, -0.25) is 9.69 Å². The molecule has 2 aromatic carbocycles. The first-order chi connectivity index (χ1) is 14.5. The highest BCUT2D eigenvalue weighted by molar-refractivity contribution is 5.93. The number of hydrogen-bond acceptors (Lipinski definition) is 4. The first kappa shape index (κ1) is 21.6. The van der Waals surface area contributed by atoms with E-state index in [1.165, 1.54) is 6.92 Å². The molecule has 0 spiro atoms. The minimum absolute atomic E-state index is 0.0428. The van der Waals surface area contributed by atoms with E-state index in [9.17, 15) is 9.59 Å². The molecule has 3 rings (SSSR count). The Bertz CT molecular complexity index is 894. The minimum Gasteiger partial charge on any atom is -0.496 e. The van der Waals surface area contributed by atoms with E-state index in [2.05, 4.69) is 26.9 Å². The first-order valence-electron chi connectivity index (χ1n) is 10.3. The van der Waals surface area contributed by atoms with Crippen LogP contribution in [0.1, 0.15) is 36.9 Å². The van der Waals surface area contributed by atoms with E-state index in [0.717, 1.165) is 42.8 Å². The van der Waals surface area contributed by atoms with Crippen molar-refractivity contribution >= 4 is 23.3 Å². The van der Waals surface area contributed by atoms with Gasteiger partial charge in [0.25, 0.3) is 0 Å². The van der Waals surface area contributed by atoms with Crippen molar-refractivity contribution in [3.05, 3.63) is 53.6 Å². The Labute approximate surface area is 177 Å². The van der Waals surface area contributed by atoms with Crippen LogP contribution in [0.25, 0.3) is 0 Å². The Kier molecular flexibility index (Phi) is 7.30. The predicted molar refractivity (Wildman–Crippen MR) is 119 cm³/mol. The van der Waals surface area contributed by atoms with E-state index in [1.54, 1.807) is 13.2 Å². The fourth-order valence-electron chi connectivity index (χ4n) is 3.82. The number of carbonyl (C=O) groups is 2. The molecule has 1 heterocycles. The van der Waals surface area contributed by atoms with Crippen LogP contribution in [0.4, 0.5) is 16.2 Å². The minimum atomic E-state index is -0.280. The number of benzene rings is 2. The summed E-state index contributed by atoms with van der Waals surface area (Å²) in [5.41, 5.74) is 3.30. The second-order valence-electron chi connectivity index (χ2n) is 7.55. The van der Waals surface area contributed by atoms with Crippen LogP contribution < -0.4 is 20.7 Å². The SMILES string of the molecule is COc1ccccc1C(CNC(=O)Nc1cc(NC(C)=O)ccc1C)N1CCCC1. The molecular weight excluding hydrogens is 380 g/mol. The Morgan fingerprint density at radius 2 is 1.83 bits per heavy atom. The van der Waals surface area contributed by atoms with Gasteiger partial charge >= 0.3 is 6.03 Å². The molecular formula is C23H30N4O3. The maximum absolute atomic E-state index is 12.6. The molecule has 0 aromatic heterocycles. The monoisotopic (exact) mass is 410 g/mol. The number of amides is 3. The van der Waals surface area contributed by atoms with E-state index in [4.69, 9.17) is 4.74 Å². The number of methoxy groups -OCH3 is 1. The van der Waals surface area contributed by atoms with Crippen molar-refractivity contribution < 1.29 is 14.3 Å². The number of carbonyl (C=O) groups excluding carboxylic acids is 2. The van der Waals surface area contributed by atoms with Gasteiger partial charge in [-0.2, -0.15) is 0 Å². The third-order valence-electron chi connectivity index (χ3n) is 5.34. The normalized spacial score (nSPS) is 14.8. The van der Waals surface area contributed by atoms with Gasteiger partial charge in [-0.1, -0.05) is 24.3 Å². The molecule has 30 heavy (non-hydrogen) atoms. The van der Waals surface area contributed by atoms with Gasteiger partial charge in [0, 0.05) is 30.4 Å². The number of ether oxygens (including phenoxy) is 1. The van der Waals surface area contributed by atoms with Crippen molar-refractivity contribution in [1.29, 1.82) is 0 Å². The van der Waals surface area contributed by atoms with Crippen LogP contribution in [-0.2, 0) is 4.79 Å². The van der Waals surface area contributed by atoms with E-state index in [-0.39, 0.29) is 18.0 Å². The number of rotatable bonds is 7. The summed E-state index contributed by atoms with van der Waals surface area (Å²) in [6, 6.07) is 13.2. The summed E-state index contributed by atoms with van der Waals surface area (Å²) in [5.74, 6) is 0.676. The van der Waals surface area contributed by atoms with Crippen molar-refractivity contribution in [2.24, 2.45) is 0 Å². The number of hydrogen-bond donors (Lipinski definition) is 3. The van der Waals surface area contributed by atoms with Crippen LogP contribution in [0.5, 0.6) is 5.75 Å². The average molecular weight is 411 g/mol. The zero-order valence-electron chi connectivity index (χ0n) is 17.8. The molecule has 7 nitrogen and oxygen atoms in total. The van der Waals surface area contributed by atoms with Crippen molar-refractivity contribution in [3.63, 3.8) is 0 Å². The van der Waals surface area contributed by atoms with E-state index < -0.39 is 0 Å². The molecule has 7 heteroatoms. The first-order valence-corrected chi connectivity index (χ1v) is 10.3. The van der Waals surface area contributed by atoms with Gasteiger partial charge in [-0.05, 0) is 56.6 Å². The van der Waals surface area contributed by atoms with E-state index in [1.807, 2.05) is 37.3 Å². The highest BCUT2D eigenvalue weighted by Crippen LogP contribution is 2.31. The molecule has 2 aromatic rings. The largest absolute Gasteiger partial charge is 0.496 e. The summed E-state index contributed by atoms with van der Waals surface area (Å²) in [7, 11) is 1.67. The zero-order valence-corrected chi connectivity index (χ0v) is 17.8. The number of para-hydroxylation sites is 1. The maximum atomic E-state index is 12.6. The molecule has 0 aliphatic carbocycles. The van der Waals surface area contributed by atoms with Gasteiger partial charge in [-0.15, -0.1) is 0 Å². The Balaban J connectivity index is 1.70. The summed E-state index contributed by atoms with van der Waals surface area (Å²) < 4.78 is 5.56. The fourth-order valence-corrected chi connectivity index (χ4v) is 3.82. The van der Waals surface area contributed by atoms with Crippen LogP contribution in [0.3, 0.4) is 0 Å². The second-order valence-corrected chi connectivity index (χ2v) is 7.55. The lowest BCUT2D eigenvalue weighted by molar-refractivity contribution is -0.114. The molecule has 3 amide bonds. The Hall–Kier alpha value is -3.06. The van der Waals surface area contributed by atoms with Gasteiger partial charge in [0.2, 0.25) is 5.91 Å². The van der Waals surface area contributed by atoms with Crippen molar-refractivity contribution in [3.8, 4) is 5.75 Å². The quantitative estimate of drug-likeness (QED) is 0.646. The third kappa shape index (κ3) is 5.51. The fraction of sp³-hybridized carbons (Fsp3) is 0.391. The number of nitrogens with one attached hydrogen (secondary N) is 3. The molecule has 1 unspecified atom stereocenters. The standard InChI is InChI=1S/C23H30N4O3/c1-16-10-11-18(25-17(2)28)14-20(16)26-23(29)24-15-21(27-12-6-7-13-27)19-8-4-5-9-22(19)30-3/h4-5,8-11,14,21H,6-7,12-13,15H2,1-3H3,(H,25,28)(H2,24,26,29). The molecule has 1 atom stereocenters. The van der Waals surface area contributed by atoms with Gasteiger partial charge in [-0.25, -0.2) is 4.79 Å². The molecule has 0 radical (unpaired) electrons. The summed E-state index contributed by atoms with van der Waals surface area (Å²) in [4.78, 5) is 26.3. The topological polar surface area (TPSA) is 82.7 Å². The van der Waals surface area contributed by atoms with Gasteiger partial charge in [0.1, 0.15) is 5.75 Å². The van der Waals surface area contributed by atoms with Crippen LogP contribution >= 0.6 is 0 Å². The van der Waals surface area contributed by atoms with E-state index >= 15 is 0 Å². The second kappa shape index (κ2) is 10.1. The predicted octanol–water partition coefficient (Wildman–Crippen LogP) is 3.92. The highest BCUT2D eigenvalue weighted by atomic mass is 16.5. The molecule has 0 saturated carbocycles. The van der Waals surface area contributed by atoms with E-state index in [0.29, 0.717) is 17.9 Å². The number of nitrogens with zero attached hydrogens (tertiary/aromatic N) is 1. The average Bonchev–Trinajstić information content (AvgIpc) is 3.25. The lowest BCUT2D eigenvalue weighted by Gasteiger charge is -2.29. The van der Waals surface area contributed by atoms with Gasteiger partial charge < -0.3 is 20.7 Å². The van der Waals surface area contributed by atoms with Crippen LogP contribution in [0.2, 0.25) is 0 Å². The molecule has 1 fully saturated rings. The molecule has 1 aliphatic rings. The van der Waals surface area contributed by atoms with Crippen molar-refractivity contribution in [2.45, 2.75) is 32.7 Å². The summed E-state index contributed by atoms with van der Waals surface area (Å²) in [6.45, 7) is 5.84. The summed E-state index contributed by atoms with van der Waals surface area (Å²) in [6.07, 6.45) is 2.32. The van der Waals surface area contributed by atoms with Crippen LogP contribution in [-0.4, -0.2) is 43.6 Å². The molecule has 160 valence electrons. The molecule has 0 bridgehead atoms. The third-order valence-corrected chi connectivity index (χ3v) is 5.34. The number of anilines is 2. The van der Waals surface area contributed by atoms with Crippen LogP contribution in [0, 0.1) is 6.92 Å². The number of urea groups is 1. The molecule has 1 aliphatic heterocycles. The smallest absolute Gasteiger partial charge is 0.319 e. The summed E-state index contributed by atoms with van der Waals surface area (Å²) >= 11 is 0. The van der Waals surface area contributed by atoms with Gasteiger partial charge in [0.05, 0.1) is 13.2 Å². The Morgan fingerprint density at radius 3 is 2.53 bits per heavy atom. The molecule has 1 saturated heterocycles. The van der Waals surface area contributed by atoms with Crippen molar-refractivity contribution in [1.82, 2.24) is 10.2 Å². The Morgan fingerprint density at radius 1 is 1.10 bits per heavy atom. The van der Waals surface area contributed by atoms with Gasteiger partial charge in [0.15, 0.2) is 0 Å². The van der Waals surface area contributed by atoms with Crippen molar-refractivity contribution in [2.75, 3.05) is 37.4 Å². The zero-order chi connectivity index (χ0) is 21.5. The number of aryl methyl sites for hydroxylation is 1. The maximum Gasteiger partial charge on any atom is 0.319 e. The highest BCUT2D eigenvalue weighted by Gasteiger charge is 2.26. The summed E-state index contributed by atoms with van der Waals surface area (Å²) in [5, 5.41) is 8.65.